The van der Waals surface area contributed by atoms with Crippen molar-refractivity contribution in [1.82, 2.24) is 25.1 Å². The summed E-state index contributed by atoms with van der Waals surface area (Å²) in [4.78, 5) is 13.0. The molecule has 0 saturated carbocycles. The van der Waals surface area contributed by atoms with Gasteiger partial charge in [-0.05, 0) is 42.9 Å². The van der Waals surface area contributed by atoms with Crippen molar-refractivity contribution in [3.63, 3.8) is 0 Å². The van der Waals surface area contributed by atoms with Gasteiger partial charge in [-0.2, -0.15) is 9.61 Å². The number of aryl methyl sites for hydroxylation is 2. The molecule has 2 aromatic carbocycles. The molecule has 30 heavy (non-hydrogen) atoms. The number of aromatic nitrogens is 4. The van der Waals surface area contributed by atoms with E-state index < -0.39 is 11.7 Å². The number of thiocarbonyl (C=S) groups is 1. The number of nitrogens with one attached hydrogen (secondary N) is 2. The van der Waals surface area contributed by atoms with Gasteiger partial charge in [-0.3, -0.25) is 10.1 Å². The lowest BCUT2D eigenvalue weighted by Crippen LogP contribution is -2.34. The zero-order chi connectivity index (χ0) is 21.3. The number of carbonyl (C=O) groups excluding carboxylic acids is 1. The van der Waals surface area contributed by atoms with Crippen molar-refractivity contribution in [3.05, 3.63) is 65.2 Å². The molecule has 2 N–H and O–H groups in total. The molecule has 10 heteroatoms. The normalized spacial score (nSPS) is 10.9. The van der Waals surface area contributed by atoms with E-state index in [0.29, 0.717) is 5.69 Å². The summed E-state index contributed by atoms with van der Waals surface area (Å²) in [6.07, 6.45) is 0.737. The van der Waals surface area contributed by atoms with Crippen LogP contribution in [0, 0.1) is 12.7 Å². The monoisotopic (exact) mass is 440 g/mol. The highest BCUT2D eigenvalue weighted by Crippen LogP contribution is 2.29. The highest BCUT2D eigenvalue weighted by molar-refractivity contribution is 7.80. The molecule has 2 aromatic heterocycles. The highest BCUT2D eigenvalue weighted by Gasteiger charge is 2.15. The maximum Gasteiger partial charge on any atom is 0.260 e. The number of hydrogen-bond donors (Lipinski definition) is 2. The molecule has 7 nitrogen and oxygen atoms in total. The van der Waals surface area contributed by atoms with Gasteiger partial charge >= 0.3 is 0 Å². The Morgan fingerprint density at radius 1 is 1.23 bits per heavy atom. The van der Waals surface area contributed by atoms with Crippen LogP contribution in [0.5, 0.6) is 0 Å². The van der Waals surface area contributed by atoms with Gasteiger partial charge < -0.3 is 5.32 Å². The Morgan fingerprint density at radius 3 is 2.80 bits per heavy atom. The van der Waals surface area contributed by atoms with E-state index in [0.717, 1.165) is 33.3 Å². The van der Waals surface area contributed by atoms with E-state index in [1.807, 2.05) is 32.0 Å². The Kier molecular flexibility index (Phi) is 5.51. The van der Waals surface area contributed by atoms with Crippen molar-refractivity contribution in [2.75, 3.05) is 5.32 Å². The number of benzene rings is 2. The van der Waals surface area contributed by atoms with Crippen molar-refractivity contribution in [2.45, 2.75) is 20.3 Å². The van der Waals surface area contributed by atoms with Crippen LogP contribution in [0.3, 0.4) is 0 Å². The number of fused-ring (bicyclic) bond motifs is 1. The second kappa shape index (κ2) is 8.25. The SMILES string of the molecule is CCc1nnc2sc(-c3ccc(C)c(NC(=S)NC(=O)c4ccccc4F)c3)nn12. The van der Waals surface area contributed by atoms with E-state index in [4.69, 9.17) is 12.2 Å². The molecule has 4 rings (SSSR count). The quantitative estimate of drug-likeness (QED) is 0.467. The van der Waals surface area contributed by atoms with E-state index in [1.54, 1.807) is 10.6 Å². The van der Waals surface area contributed by atoms with Crippen molar-refractivity contribution in [1.29, 1.82) is 0 Å². The van der Waals surface area contributed by atoms with Crippen LogP contribution in [0.15, 0.2) is 42.5 Å². The van der Waals surface area contributed by atoms with Gasteiger partial charge in [0.2, 0.25) is 4.96 Å². The number of rotatable bonds is 4. The van der Waals surface area contributed by atoms with E-state index in [1.165, 1.54) is 29.5 Å². The Morgan fingerprint density at radius 2 is 2.03 bits per heavy atom. The Balaban J connectivity index is 1.54. The minimum absolute atomic E-state index is 0.0707. The molecule has 0 fully saturated rings. The van der Waals surface area contributed by atoms with Crippen molar-refractivity contribution < 1.29 is 9.18 Å². The van der Waals surface area contributed by atoms with Crippen molar-refractivity contribution in [2.24, 2.45) is 0 Å². The lowest BCUT2D eigenvalue weighted by Gasteiger charge is -2.13. The fraction of sp³-hybridized carbons (Fsp3) is 0.150. The van der Waals surface area contributed by atoms with E-state index in [9.17, 15) is 9.18 Å². The molecule has 0 bridgehead atoms. The molecule has 2 heterocycles. The third-order valence-electron chi connectivity index (χ3n) is 4.45. The van der Waals surface area contributed by atoms with Crippen LogP contribution in [-0.2, 0) is 6.42 Å². The van der Waals surface area contributed by atoms with Crippen molar-refractivity contribution >= 4 is 45.2 Å². The largest absolute Gasteiger partial charge is 0.332 e. The fourth-order valence-corrected chi connectivity index (χ4v) is 3.91. The minimum Gasteiger partial charge on any atom is -0.332 e. The van der Waals surface area contributed by atoms with Crippen LogP contribution in [0.4, 0.5) is 10.1 Å². The molecule has 0 unspecified atom stereocenters. The summed E-state index contributed by atoms with van der Waals surface area (Å²) in [7, 11) is 0. The van der Waals surface area contributed by atoms with Gasteiger partial charge in [-0.15, -0.1) is 10.2 Å². The lowest BCUT2D eigenvalue weighted by atomic mass is 10.1. The number of carbonyl (C=O) groups is 1. The maximum atomic E-state index is 13.8. The van der Waals surface area contributed by atoms with Gasteiger partial charge in [-0.25, -0.2) is 4.39 Å². The first-order valence-corrected chi connectivity index (χ1v) is 10.4. The van der Waals surface area contributed by atoms with Crippen molar-refractivity contribution in [3.8, 4) is 10.6 Å². The minimum atomic E-state index is -0.611. The van der Waals surface area contributed by atoms with Gasteiger partial charge in [0.25, 0.3) is 5.91 Å². The standard InChI is InChI=1S/C20H17FN6OS2/c1-3-16-24-25-20-27(16)26-18(30-20)12-9-8-11(2)15(10-12)22-19(29)23-17(28)13-6-4-5-7-14(13)21/h4-10H,3H2,1-2H3,(H2,22,23,28,29). The van der Waals surface area contributed by atoms with E-state index in [-0.39, 0.29) is 10.7 Å². The topological polar surface area (TPSA) is 84.2 Å². The van der Waals surface area contributed by atoms with E-state index in [2.05, 4.69) is 25.9 Å². The third-order valence-corrected chi connectivity index (χ3v) is 5.60. The molecular formula is C20H17FN6OS2. The second-order valence-corrected chi connectivity index (χ2v) is 7.85. The van der Waals surface area contributed by atoms with Gasteiger partial charge in [0.1, 0.15) is 10.8 Å². The van der Waals surface area contributed by atoms with Crippen LogP contribution >= 0.6 is 23.6 Å². The molecule has 1 amide bonds. The van der Waals surface area contributed by atoms with Crippen LogP contribution in [0.2, 0.25) is 0 Å². The maximum absolute atomic E-state index is 13.8. The summed E-state index contributed by atoms with van der Waals surface area (Å²) in [6, 6.07) is 11.5. The molecule has 0 aliphatic carbocycles. The first-order valence-electron chi connectivity index (χ1n) is 9.15. The predicted molar refractivity (Wildman–Crippen MR) is 118 cm³/mol. The summed E-state index contributed by atoms with van der Waals surface area (Å²) < 4.78 is 15.5. The van der Waals surface area contributed by atoms with Crippen LogP contribution in [-0.4, -0.2) is 30.8 Å². The Hall–Kier alpha value is -3.24. The molecule has 0 radical (unpaired) electrons. The molecule has 4 aromatic rings. The second-order valence-electron chi connectivity index (χ2n) is 6.49. The molecule has 0 aliphatic rings. The molecule has 0 aliphatic heterocycles. The molecule has 152 valence electrons. The Labute approximate surface area is 181 Å². The zero-order valence-electron chi connectivity index (χ0n) is 16.1. The van der Waals surface area contributed by atoms with Crippen LogP contribution < -0.4 is 10.6 Å². The lowest BCUT2D eigenvalue weighted by molar-refractivity contribution is 0.0974. The number of amides is 1. The molecule has 0 spiro atoms. The average Bonchev–Trinajstić information content (AvgIpc) is 3.30. The fourth-order valence-electron chi connectivity index (χ4n) is 2.85. The van der Waals surface area contributed by atoms with Gasteiger partial charge in [0, 0.05) is 17.7 Å². The summed E-state index contributed by atoms with van der Waals surface area (Å²) >= 11 is 6.68. The zero-order valence-corrected chi connectivity index (χ0v) is 17.8. The number of halogens is 1. The first-order chi connectivity index (χ1) is 14.5. The third kappa shape index (κ3) is 3.91. The average molecular weight is 441 g/mol. The van der Waals surface area contributed by atoms with Gasteiger partial charge in [0.15, 0.2) is 10.9 Å². The smallest absolute Gasteiger partial charge is 0.260 e. The number of hydrogen-bond acceptors (Lipinski definition) is 6. The number of anilines is 1. The van der Waals surface area contributed by atoms with Crippen LogP contribution in [0.25, 0.3) is 15.5 Å². The molecule has 0 saturated heterocycles. The summed E-state index contributed by atoms with van der Waals surface area (Å²) in [6.45, 7) is 3.92. The Bertz CT molecular complexity index is 1270. The van der Waals surface area contributed by atoms with Crippen LogP contribution in [0.1, 0.15) is 28.7 Å². The number of nitrogens with zero attached hydrogens (tertiary/aromatic N) is 4. The summed E-state index contributed by atoms with van der Waals surface area (Å²) in [5.74, 6) is -0.416. The highest BCUT2D eigenvalue weighted by atomic mass is 32.1. The molecule has 0 atom stereocenters. The van der Waals surface area contributed by atoms with Gasteiger partial charge in [0.05, 0.1) is 5.56 Å². The first kappa shape index (κ1) is 20.0. The summed E-state index contributed by atoms with van der Waals surface area (Å²) in [5.41, 5.74) is 2.45. The van der Waals surface area contributed by atoms with E-state index >= 15 is 0 Å². The summed E-state index contributed by atoms with van der Waals surface area (Å²) in [5, 5.41) is 19.2. The predicted octanol–water partition coefficient (Wildman–Crippen LogP) is 3.99. The molecular weight excluding hydrogens is 423 g/mol. The van der Waals surface area contributed by atoms with Gasteiger partial charge in [-0.1, -0.05) is 42.5 Å².